The standard InChI is InChI=1S/C18H15N3O5S2/c22-17(25-11-12-10-14(26-20-12)15-5-3-9-27-15)7-8-19-18-13-4-1-2-6-16(13)28(23,24)21-18/h1-6,9-10H,7-8,11H2,(H,19,21). The Morgan fingerprint density at radius 3 is 2.93 bits per heavy atom. The lowest BCUT2D eigenvalue weighted by Crippen LogP contribution is -2.22. The molecular weight excluding hydrogens is 402 g/mol. The molecule has 8 nitrogen and oxygen atoms in total. The minimum absolute atomic E-state index is 0.000255. The van der Waals surface area contributed by atoms with E-state index in [1.165, 1.54) is 17.4 Å². The molecule has 0 unspecified atom stereocenters. The van der Waals surface area contributed by atoms with Gasteiger partial charge in [-0.25, -0.2) is 8.42 Å². The topological polar surface area (TPSA) is 111 Å². The van der Waals surface area contributed by atoms with Crippen molar-refractivity contribution in [2.24, 2.45) is 4.99 Å². The van der Waals surface area contributed by atoms with Crippen LogP contribution >= 0.6 is 11.3 Å². The second-order valence-corrected chi connectivity index (χ2v) is 8.50. The van der Waals surface area contributed by atoms with Crippen molar-refractivity contribution < 1.29 is 22.5 Å². The number of hydrogen-bond acceptors (Lipinski definition) is 8. The molecule has 0 radical (unpaired) electrons. The van der Waals surface area contributed by atoms with Crippen molar-refractivity contribution in [1.29, 1.82) is 0 Å². The van der Waals surface area contributed by atoms with E-state index in [1.807, 2.05) is 17.5 Å². The number of nitrogens with zero attached hydrogens (tertiary/aromatic N) is 2. The average Bonchev–Trinajstić information content (AvgIpc) is 3.40. The van der Waals surface area contributed by atoms with Gasteiger partial charge in [0.2, 0.25) is 0 Å². The zero-order valence-corrected chi connectivity index (χ0v) is 16.1. The monoisotopic (exact) mass is 417 g/mol. The van der Waals surface area contributed by atoms with E-state index in [0.29, 0.717) is 17.0 Å². The summed E-state index contributed by atoms with van der Waals surface area (Å²) < 4.78 is 36.8. The van der Waals surface area contributed by atoms with Crippen molar-refractivity contribution in [3.63, 3.8) is 0 Å². The van der Waals surface area contributed by atoms with E-state index in [0.717, 1.165) is 4.88 Å². The normalized spacial score (nSPS) is 15.9. The molecule has 0 fully saturated rings. The summed E-state index contributed by atoms with van der Waals surface area (Å²) >= 11 is 1.53. The summed E-state index contributed by atoms with van der Waals surface area (Å²) in [4.78, 5) is 17.2. The van der Waals surface area contributed by atoms with Crippen molar-refractivity contribution in [3.8, 4) is 10.6 Å². The summed E-state index contributed by atoms with van der Waals surface area (Å²) in [6.07, 6.45) is 0.0169. The molecule has 1 aromatic carbocycles. The minimum atomic E-state index is -3.58. The van der Waals surface area contributed by atoms with Gasteiger partial charge in [0, 0.05) is 11.6 Å². The molecule has 1 aliphatic rings. The molecule has 4 rings (SSSR count). The van der Waals surface area contributed by atoms with Crippen LogP contribution in [0.5, 0.6) is 0 Å². The van der Waals surface area contributed by atoms with Gasteiger partial charge in [0.15, 0.2) is 5.76 Å². The summed E-state index contributed by atoms with van der Waals surface area (Å²) in [5.41, 5.74) is 1.01. The molecule has 3 aromatic rings. The molecule has 2 aromatic heterocycles. The maximum Gasteiger partial charge on any atom is 0.308 e. The Bertz CT molecular complexity index is 1130. The van der Waals surface area contributed by atoms with Crippen LogP contribution in [0.25, 0.3) is 10.6 Å². The van der Waals surface area contributed by atoms with E-state index in [2.05, 4.69) is 14.9 Å². The molecule has 1 aliphatic heterocycles. The molecule has 3 heterocycles. The fraction of sp³-hybridized carbons (Fsp3) is 0.167. The number of esters is 1. The number of rotatable bonds is 6. The van der Waals surface area contributed by atoms with Gasteiger partial charge >= 0.3 is 5.97 Å². The van der Waals surface area contributed by atoms with Gasteiger partial charge in [0.05, 0.1) is 22.7 Å². The number of carbonyl (C=O) groups is 1. The quantitative estimate of drug-likeness (QED) is 0.617. The number of carbonyl (C=O) groups excluding carboxylic acids is 1. The van der Waals surface area contributed by atoms with Gasteiger partial charge in [0.1, 0.15) is 18.1 Å². The van der Waals surface area contributed by atoms with Crippen LogP contribution in [-0.4, -0.2) is 31.9 Å². The molecule has 0 bridgehead atoms. The maximum absolute atomic E-state index is 12.0. The van der Waals surface area contributed by atoms with Crippen LogP contribution in [0.1, 0.15) is 17.7 Å². The van der Waals surface area contributed by atoms with E-state index < -0.39 is 16.0 Å². The van der Waals surface area contributed by atoms with Gasteiger partial charge in [0.25, 0.3) is 10.0 Å². The van der Waals surface area contributed by atoms with E-state index in [-0.39, 0.29) is 30.3 Å². The highest BCUT2D eigenvalue weighted by molar-refractivity contribution is 7.90. The first-order chi connectivity index (χ1) is 13.5. The maximum atomic E-state index is 12.0. The Kier molecular flexibility index (Phi) is 4.97. The van der Waals surface area contributed by atoms with Gasteiger partial charge < -0.3 is 9.26 Å². The van der Waals surface area contributed by atoms with Crippen molar-refractivity contribution >= 4 is 33.2 Å². The Hall–Kier alpha value is -2.98. The lowest BCUT2D eigenvalue weighted by molar-refractivity contribution is -0.144. The average molecular weight is 417 g/mol. The molecular formula is C18H15N3O5S2. The fourth-order valence-electron chi connectivity index (χ4n) is 2.65. The van der Waals surface area contributed by atoms with E-state index in [1.54, 1.807) is 24.3 Å². The number of ether oxygens (including phenoxy) is 1. The Morgan fingerprint density at radius 1 is 1.25 bits per heavy atom. The largest absolute Gasteiger partial charge is 0.459 e. The summed E-state index contributed by atoms with van der Waals surface area (Å²) in [6.45, 7) is 0.101. The van der Waals surface area contributed by atoms with Crippen LogP contribution in [0, 0.1) is 0 Å². The van der Waals surface area contributed by atoms with Crippen LogP contribution in [0.2, 0.25) is 0 Å². The van der Waals surface area contributed by atoms with E-state index >= 15 is 0 Å². The summed E-state index contributed by atoms with van der Waals surface area (Å²) in [5.74, 6) is 0.402. The highest BCUT2D eigenvalue weighted by Gasteiger charge is 2.29. The van der Waals surface area contributed by atoms with Crippen molar-refractivity contribution in [2.45, 2.75) is 17.9 Å². The van der Waals surface area contributed by atoms with Crippen LogP contribution < -0.4 is 4.72 Å². The van der Waals surface area contributed by atoms with Gasteiger partial charge in [-0.3, -0.25) is 14.5 Å². The molecule has 0 saturated carbocycles. The lowest BCUT2D eigenvalue weighted by Gasteiger charge is -2.01. The lowest BCUT2D eigenvalue weighted by atomic mass is 10.2. The molecule has 0 atom stereocenters. The second-order valence-electron chi connectivity index (χ2n) is 5.90. The summed E-state index contributed by atoms with van der Waals surface area (Å²) in [5, 5.41) is 5.81. The first-order valence-electron chi connectivity index (χ1n) is 8.35. The predicted octanol–water partition coefficient (Wildman–Crippen LogP) is 2.58. The fourth-order valence-corrected chi connectivity index (χ4v) is 4.58. The number of fused-ring (bicyclic) bond motifs is 1. The number of benzene rings is 1. The molecule has 10 heteroatoms. The Balaban J connectivity index is 1.30. The minimum Gasteiger partial charge on any atom is -0.459 e. The molecule has 0 amide bonds. The SMILES string of the molecule is O=C(CCN=C1NS(=O)(=O)c2ccccc21)OCc1cc(-c2cccs2)on1. The third kappa shape index (κ3) is 3.82. The molecule has 0 aliphatic carbocycles. The molecule has 0 spiro atoms. The Labute approximate surface area is 164 Å². The number of aromatic nitrogens is 1. The highest BCUT2D eigenvalue weighted by Crippen LogP contribution is 2.25. The predicted molar refractivity (Wildman–Crippen MR) is 102 cm³/mol. The highest BCUT2D eigenvalue weighted by atomic mass is 32.2. The van der Waals surface area contributed by atoms with E-state index in [9.17, 15) is 13.2 Å². The van der Waals surface area contributed by atoms with Gasteiger partial charge in [-0.15, -0.1) is 11.3 Å². The number of amidine groups is 1. The smallest absolute Gasteiger partial charge is 0.308 e. The van der Waals surface area contributed by atoms with Gasteiger partial charge in [-0.1, -0.05) is 23.4 Å². The molecule has 144 valence electrons. The molecule has 28 heavy (non-hydrogen) atoms. The number of nitrogens with one attached hydrogen (secondary N) is 1. The number of thiophene rings is 1. The van der Waals surface area contributed by atoms with Crippen LogP contribution in [0.3, 0.4) is 0 Å². The number of sulfonamides is 1. The van der Waals surface area contributed by atoms with Crippen LogP contribution in [0.15, 0.2) is 62.3 Å². The second kappa shape index (κ2) is 7.56. The molecule has 0 saturated heterocycles. The number of hydrogen-bond donors (Lipinski definition) is 1. The third-order valence-electron chi connectivity index (χ3n) is 3.95. The van der Waals surface area contributed by atoms with Gasteiger partial charge in [-0.2, -0.15) is 0 Å². The van der Waals surface area contributed by atoms with Gasteiger partial charge in [-0.05, 0) is 23.6 Å². The van der Waals surface area contributed by atoms with Crippen molar-refractivity contribution in [1.82, 2.24) is 9.88 Å². The summed E-state index contributed by atoms with van der Waals surface area (Å²) in [7, 11) is -3.58. The van der Waals surface area contributed by atoms with Crippen LogP contribution in [-0.2, 0) is 26.2 Å². The van der Waals surface area contributed by atoms with Crippen molar-refractivity contribution in [2.75, 3.05) is 6.54 Å². The Morgan fingerprint density at radius 2 is 2.11 bits per heavy atom. The number of aliphatic imine (C=N–C) groups is 1. The molecule has 1 N–H and O–H groups in total. The van der Waals surface area contributed by atoms with Crippen LogP contribution in [0.4, 0.5) is 0 Å². The van der Waals surface area contributed by atoms with E-state index in [4.69, 9.17) is 9.26 Å². The summed E-state index contributed by atoms with van der Waals surface area (Å²) in [6, 6.07) is 12.1. The first kappa shape index (κ1) is 18.4. The first-order valence-corrected chi connectivity index (χ1v) is 10.7. The third-order valence-corrected chi connectivity index (χ3v) is 6.23. The zero-order valence-electron chi connectivity index (χ0n) is 14.5. The van der Waals surface area contributed by atoms with Crippen molar-refractivity contribution in [3.05, 3.63) is 59.1 Å². The zero-order chi connectivity index (χ0) is 19.6.